The van der Waals surface area contributed by atoms with E-state index >= 15 is 0 Å². The summed E-state index contributed by atoms with van der Waals surface area (Å²) in [7, 11) is 2.19. The molecular formula is C31H42N12O. The lowest BCUT2D eigenvalue weighted by atomic mass is 9.92. The zero-order chi connectivity index (χ0) is 31.0. The molecule has 3 aromatic heterocycles. The number of amides is 1. The molecule has 5 N–H and O–H groups in total. The fraction of sp³-hybridized carbons (Fsp3) is 0.484. The molecule has 2 saturated heterocycles. The zero-order valence-electron chi connectivity index (χ0n) is 26.2. The molecule has 0 atom stereocenters. The first kappa shape index (κ1) is 29.7. The van der Waals surface area contributed by atoms with Gasteiger partial charge in [-0.1, -0.05) is 26.8 Å². The number of rotatable bonds is 6. The number of aromatic amines is 1. The Hall–Kier alpha value is -4.36. The van der Waals surface area contributed by atoms with Crippen LogP contribution in [0.25, 0.3) is 11.0 Å². The van der Waals surface area contributed by atoms with Gasteiger partial charge in [0.05, 0.1) is 5.69 Å². The van der Waals surface area contributed by atoms with Crippen molar-refractivity contribution >= 4 is 46.0 Å². The first-order valence-corrected chi connectivity index (χ1v) is 15.3. The van der Waals surface area contributed by atoms with Crippen LogP contribution in [0.15, 0.2) is 30.6 Å². The summed E-state index contributed by atoms with van der Waals surface area (Å²) in [4.78, 5) is 38.8. The minimum atomic E-state index is -0.251. The van der Waals surface area contributed by atoms with Crippen molar-refractivity contribution < 1.29 is 4.79 Å². The van der Waals surface area contributed by atoms with Gasteiger partial charge < -0.3 is 26.2 Å². The molecule has 0 radical (unpaired) electrons. The standard InChI is InChI=1S/C31H42N12O/c1-19-6-7-20(29(44)36-24-17-23(39-40-24)31(2,3)4)16-22(19)35-28-26-25(33-18-34-28)27(32)38-30(37-26)43-10-8-21(9-11-43)42-14-12-41(5)13-15-42/h6-7,16-18,21H,8-15H2,1-5H3,(H2,32,37,38)(H,33,34,35)(H2,36,39,40,44). The molecule has 0 saturated carbocycles. The van der Waals surface area contributed by atoms with E-state index < -0.39 is 0 Å². The summed E-state index contributed by atoms with van der Waals surface area (Å²) in [6.07, 6.45) is 3.57. The number of hydrogen-bond acceptors (Lipinski definition) is 11. The van der Waals surface area contributed by atoms with Crippen molar-refractivity contribution in [1.29, 1.82) is 0 Å². The van der Waals surface area contributed by atoms with Crippen LogP contribution in [-0.2, 0) is 5.41 Å². The third kappa shape index (κ3) is 6.29. The maximum absolute atomic E-state index is 13.1. The quantitative estimate of drug-likeness (QED) is 0.257. The Morgan fingerprint density at radius 3 is 2.45 bits per heavy atom. The van der Waals surface area contributed by atoms with E-state index in [1.807, 2.05) is 19.1 Å². The molecule has 0 spiro atoms. The monoisotopic (exact) mass is 598 g/mol. The van der Waals surface area contributed by atoms with Crippen LogP contribution in [0.1, 0.15) is 55.2 Å². The van der Waals surface area contributed by atoms with E-state index in [4.69, 9.17) is 10.7 Å². The molecule has 13 nitrogen and oxygen atoms in total. The Labute approximate surface area is 257 Å². The summed E-state index contributed by atoms with van der Waals surface area (Å²) in [5.41, 5.74) is 10.3. The van der Waals surface area contributed by atoms with Crippen LogP contribution in [0.4, 0.5) is 29.1 Å². The van der Waals surface area contributed by atoms with Crippen molar-refractivity contribution in [2.75, 3.05) is 67.6 Å². The van der Waals surface area contributed by atoms with E-state index in [9.17, 15) is 4.79 Å². The number of anilines is 5. The topological polar surface area (TPSA) is 157 Å². The average molecular weight is 599 g/mol. The zero-order valence-corrected chi connectivity index (χ0v) is 26.2. The Balaban J connectivity index is 1.20. The van der Waals surface area contributed by atoms with Gasteiger partial charge in [-0.25, -0.2) is 15.0 Å². The van der Waals surface area contributed by atoms with Gasteiger partial charge in [0, 0.05) is 68.0 Å². The van der Waals surface area contributed by atoms with Crippen molar-refractivity contribution in [3.05, 3.63) is 47.4 Å². The number of likely N-dealkylation sites (N-methyl/N-ethyl adjacent to an activating group) is 1. The van der Waals surface area contributed by atoms with Gasteiger partial charge in [0.1, 0.15) is 23.2 Å². The minimum Gasteiger partial charge on any atom is -0.382 e. The van der Waals surface area contributed by atoms with E-state index in [0.29, 0.717) is 46.0 Å². The summed E-state index contributed by atoms with van der Waals surface area (Å²) in [6, 6.07) is 7.93. The third-order valence-corrected chi connectivity index (χ3v) is 8.65. The number of nitrogen functional groups attached to an aromatic ring is 1. The number of H-pyrrole nitrogens is 1. The fourth-order valence-corrected chi connectivity index (χ4v) is 5.80. The van der Waals surface area contributed by atoms with E-state index in [1.54, 1.807) is 12.1 Å². The normalized spacial score (nSPS) is 17.2. The Morgan fingerprint density at radius 1 is 1.00 bits per heavy atom. The predicted molar refractivity (Wildman–Crippen MR) is 174 cm³/mol. The van der Waals surface area contributed by atoms with E-state index in [0.717, 1.165) is 69.1 Å². The summed E-state index contributed by atoms with van der Waals surface area (Å²) in [5.74, 6) is 1.70. The number of hydrogen-bond donors (Lipinski definition) is 4. The molecule has 13 heteroatoms. The van der Waals surface area contributed by atoms with Crippen molar-refractivity contribution in [2.45, 2.75) is 52.0 Å². The highest BCUT2D eigenvalue weighted by Gasteiger charge is 2.28. The maximum Gasteiger partial charge on any atom is 0.256 e. The van der Waals surface area contributed by atoms with Crippen LogP contribution >= 0.6 is 0 Å². The summed E-state index contributed by atoms with van der Waals surface area (Å²) in [6.45, 7) is 14.4. The summed E-state index contributed by atoms with van der Waals surface area (Å²) < 4.78 is 0. The van der Waals surface area contributed by atoms with E-state index in [2.05, 4.69) is 78.3 Å². The Bertz CT molecular complexity index is 1650. The SMILES string of the molecule is Cc1ccc(C(=O)Nc2cc(C(C)(C)C)n[nH]2)cc1Nc1ncnc2c(N)nc(N3CCC(N4CCN(C)CC4)CC3)nc12. The molecule has 44 heavy (non-hydrogen) atoms. The smallest absolute Gasteiger partial charge is 0.256 e. The fourth-order valence-electron chi connectivity index (χ4n) is 5.80. The Morgan fingerprint density at radius 2 is 1.75 bits per heavy atom. The number of carbonyl (C=O) groups excluding carboxylic acids is 1. The van der Waals surface area contributed by atoms with Crippen molar-refractivity contribution in [2.24, 2.45) is 0 Å². The van der Waals surface area contributed by atoms with Gasteiger partial charge in [0.2, 0.25) is 5.95 Å². The number of aryl methyl sites for hydroxylation is 1. The maximum atomic E-state index is 13.1. The number of nitrogens with one attached hydrogen (secondary N) is 3. The van der Waals surface area contributed by atoms with Crippen LogP contribution in [-0.4, -0.2) is 98.2 Å². The number of nitrogens with two attached hydrogens (primary N) is 1. The molecular weight excluding hydrogens is 556 g/mol. The molecule has 2 aliphatic heterocycles. The first-order valence-electron chi connectivity index (χ1n) is 15.3. The molecule has 2 fully saturated rings. The van der Waals surface area contributed by atoms with Crippen LogP contribution in [0.3, 0.4) is 0 Å². The second kappa shape index (κ2) is 12.0. The second-order valence-corrected chi connectivity index (χ2v) is 12.9. The number of fused-ring (bicyclic) bond motifs is 1. The van der Waals surface area contributed by atoms with Crippen LogP contribution in [0, 0.1) is 6.92 Å². The number of piperidine rings is 1. The lowest BCUT2D eigenvalue weighted by Crippen LogP contribution is -2.52. The highest BCUT2D eigenvalue weighted by atomic mass is 16.1. The van der Waals surface area contributed by atoms with Crippen LogP contribution in [0.2, 0.25) is 0 Å². The number of aromatic nitrogens is 6. The molecule has 0 bridgehead atoms. The first-order chi connectivity index (χ1) is 21.0. The molecule has 5 heterocycles. The van der Waals surface area contributed by atoms with Crippen molar-refractivity contribution in [3.8, 4) is 0 Å². The van der Waals surface area contributed by atoms with Crippen LogP contribution in [0.5, 0.6) is 0 Å². The highest BCUT2D eigenvalue weighted by Crippen LogP contribution is 2.30. The highest BCUT2D eigenvalue weighted by molar-refractivity contribution is 6.04. The molecule has 4 aromatic rings. The van der Waals surface area contributed by atoms with Crippen molar-refractivity contribution in [1.82, 2.24) is 39.9 Å². The molecule has 232 valence electrons. The second-order valence-electron chi connectivity index (χ2n) is 12.9. The van der Waals surface area contributed by atoms with Gasteiger partial charge in [-0.3, -0.25) is 14.8 Å². The van der Waals surface area contributed by atoms with E-state index in [1.165, 1.54) is 6.33 Å². The van der Waals surface area contributed by atoms with Gasteiger partial charge in [-0.15, -0.1) is 0 Å². The summed E-state index contributed by atoms with van der Waals surface area (Å²) >= 11 is 0. The number of nitrogens with zero attached hydrogens (tertiary/aromatic N) is 8. The molecule has 1 aromatic carbocycles. The molecule has 0 unspecified atom stereocenters. The van der Waals surface area contributed by atoms with E-state index in [-0.39, 0.29) is 11.3 Å². The van der Waals surface area contributed by atoms with Gasteiger partial charge in [-0.2, -0.15) is 10.1 Å². The molecule has 2 aliphatic rings. The predicted octanol–water partition coefficient (Wildman–Crippen LogP) is 3.54. The van der Waals surface area contributed by atoms with Gasteiger partial charge >= 0.3 is 0 Å². The molecule has 1 amide bonds. The lowest BCUT2D eigenvalue weighted by Gasteiger charge is -2.42. The lowest BCUT2D eigenvalue weighted by molar-refractivity contribution is 0.0980. The third-order valence-electron chi connectivity index (χ3n) is 8.65. The van der Waals surface area contributed by atoms with Crippen LogP contribution < -0.4 is 21.3 Å². The summed E-state index contributed by atoms with van der Waals surface area (Å²) in [5, 5.41) is 13.5. The van der Waals surface area contributed by atoms with Crippen molar-refractivity contribution in [3.63, 3.8) is 0 Å². The Kier molecular flexibility index (Phi) is 8.08. The largest absolute Gasteiger partial charge is 0.382 e. The van der Waals surface area contributed by atoms with Gasteiger partial charge in [-0.05, 0) is 44.5 Å². The molecule has 6 rings (SSSR count). The number of benzene rings is 1. The van der Waals surface area contributed by atoms with Gasteiger partial charge in [0.25, 0.3) is 5.91 Å². The minimum absolute atomic E-state index is 0.130. The number of piperazine rings is 1. The average Bonchev–Trinajstić information content (AvgIpc) is 3.48. The van der Waals surface area contributed by atoms with Gasteiger partial charge in [0.15, 0.2) is 11.6 Å². The number of carbonyl (C=O) groups is 1. The molecule has 0 aliphatic carbocycles.